The average Bonchev–Trinajstić information content (AvgIpc) is 2.24. The summed E-state index contributed by atoms with van der Waals surface area (Å²) in [5.41, 5.74) is 5.03. The van der Waals surface area contributed by atoms with Crippen LogP contribution in [-0.2, 0) is 0 Å². The maximum absolute atomic E-state index is 9.94. The van der Waals surface area contributed by atoms with Gasteiger partial charge in [0.1, 0.15) is 5.76 Å². The van der Waals surface area contributed by atoms with Crippen molar-refractivity contribution in [3.8, 4) is 0 Å². The van der Waals surface area contributed by atoms with Crippen molar-refractivity contribution >= 4 is 0 Å². The van der Waals surface area contributed by atoms with Crippen LogP contribution < -0.4 is 0 Å². The molecule has 1 aliphatic rings. The molecule has 0 saturated heterocycles. The fourth-order valence-electron chi connectivity index (χ4n) is 1.59. The van der Waals surface area contributed by atoms with Crippen molar-refractivity contribution in [2.45, 2.75) is 32.6 Å². The molecule has 1 nitrogen and oxygen atoms in total. The first kappa shape index (κ1) is 11.6. The van der Waals surface area contributed by atoms with Gasteiger partial charge in [-0.05, 0) is 43.4 Å². The summed E-state index contributed by atoms with van der Waals surface area (Å²) in [5.74, 6) is 0.415. The van der Waals surface area contributed by atoms with E-state index in [1.807, 2.05) is 18.2 Å². The highest BCUT2D eigenvalue weighted by atomic mass is 16.3. The summed E-state index contributed by atoms with van der Waals surface area (Å²) in [5, 5.41) is 9.94. The predicted molar refractivity (Wildman–Crippen MR) is 64.7 cm³/mol. The normalized spacial score (nSPS) is 15.4. The summed E-state index contributed by atoms with van der Waals surface area (Å²) < 4.78 is 0. The lowest BCUT2D eigenvalue weighted by Crippen LogP contribution is -1.98. The monoisotopic (exact) mass is 202 g/mol. The Morgan fingerprint density at radius 1 is 1.60 bits per heavy atom. The summed E-state index contributed by atoms with van der Waals surface area (Å²) in [4.78, 5) is 0. The van der Waals surface area contributed by atoms with Gasteiger partial charge in [0.15, 0.2) is 0 Å². The van der Waals surface area contributed by atoms with Crippen LogP contribution in [0.1, 0.15) is 32.6 Å². The Morgan fingerprint density at radius 2 is 2.40 bits per heavy atom. The molecule has 0 aliphatic heterocycles. The highest BCUT2D eigenvalue weighted by Crippen LogP contribution is 2.26. The minimum atomic E-state index is 0.415. The Labute approximate surface area is 91.8 Å². The van der Waals surface area contributed by atoms with Gasteiger partial charge in [0, 0.05) is 5.57 Å². The van der Waals surface area contributed by atoms with Crippen LogP contribution in [0.3, 0.4) is 0 Å². The molecule has 0 atom stereocenters. The third-order valence-corrected chi connectivity index (χ3v) is 2.37. The quantitative estimate of drug-likeness (QED) is 0.534. The van der Waals surface area contributed by atoms with Gasteiger partial charge in [-0.1, -0.05) is 19.1 Å². The highest BCUT2D eigenvalue weighted by molar-refractivity contribution is 5.41. The molecule has 0 bridgehead atoms. The van der Waals surface area contributed by atoms with Gasteiger partial charge < -0.3 is 5.11 Å². The minimum Gasteiger partial charge on any atom is -0.507 e. The fourth-order valence-corrected chi connectivity index (χ4v) is 1.59. The molecule has 0 amide bonds. The number of aliphatic hydroxyl groups excluding tert-OH is 1. The van der Waals surface area contributed by atoms with Gasteiger partial charge in [-0.25, -0.2) is 0 Å². The van der Waals surface area contributed by atoms with Crippen molar-refractivity contribution in [2.24, 2.45) is 0 Å². The molecule has 0 aromatic carbocycles. The van der Waals surface area contributed by atoms with Crippen molar-refractivity contribution < 1.29 is 5.11 Å². The third kappa shape index (κ3) is 3.30. The molecular formula is C14H18O. The van der Waals surface area contributed by atoms with E-state index in [9.17, 15) is 5.11 Å². The number of rotatable bonds is 4. The molecule has 0 spiro atoms. The molecular weight excluding hydrogens is 184 g/mol. The lowest BCUT2D eigenvalue weighted by molar-refractivity contribution is 0.411. The van der Waals surface area contributed by atoms with Crippen LogP contribution in [-0.4, -0.2) is 5.11 Å². The van der Waals surface area contributed by atoms with E-state index in [-0.39, 0.29) is 0 Å². The van der Waals surface area contributed by atoms with Crippen molar-refractivity contribution in [3.05, 3.63) is 53.5 Å². The Hall–Kier alpha value is -1.46. The molecule has 0 heterocycles. The molecule has 80 valence electrons. The zero-order valence-electron chi connectivity index (χ0n) is 9.29. The van der Waals surface area contributed by atoms with Crippen molar-refractivity contribution in [3.63, 3.8) is 0 Å². The molecule has 0 unspecified atom stereocenters. The Bertz CT molecular complexity index is 350. The minimum absolute atomic E-state index is 0.415. The second-order valence-corrected chi connectivity index (χ2v) is 3.57. The molecule has 1 rings (SSSR count). The van der Waals surface area contributed by atoms with E-state index < -0.39 is 0 Å². The fraction of sp³-hybridized carbons (Fsp3) is 0.357. The van der Waals surface area contributed by atoms with Crippen LogP contribution in [0.15, 0.2) is 53.5 Å². The smallest absolute Gasteiger partial charge is 0.122 e. The molecule has 0 aromatic rings. The summed E-state index contributed by atoms with van der Waals surface area (Å²) in [6, 6.07) is 0. The van der Waals surface area contributed by atoms with Crippen LogP contribution in [0, 0.1) is 0 Å². The summed E-state index contributed by atoms with van der Waals surface area (Å²) in [6.45, 7) is 5.76. The maximum atomic E-state index is 9.94. The number of hydrogen-bond acceptors (Lipinski definition) is 1. The second kappa shape index (κ2) is 6.10. The van der Waals surface area contributed by atoms with E-state index in [0.29, 0.717) is 5.76 Å². The van der Waals surface area contributed by atoms with Crippen molar-refractivity contribution in [1.29, 1.82) is 0 Å². The Kier molecular flexibility index (Phi) is 4.73. The van der Waals surface area contributed by atoms with Gasteiger partial charge in [-0.2, -0.15) is 0 Å². The Balaban J connectivity index is 2.86. The standard InChI is InChI=1S/C14H18O/c1-3-5-6-9-13-11-7-10-12(8-4-2)14(13)15/h4-5,9,11,15H,2-3,7-8,10H2,1H3. The lowest BCUT2D eigenvalue weighted by Gasteiger charge is -2.13. The zero-order valence-corrected chi connectivity index (χ0v) is 9.29. The van der Waals surface area contributed by atoms with Crippen LogP contribution >= 0.6 is 0 Å². The van der Waals surface area contributed by atoms with E-state index in [4.69, 9.17) is 0 Å². The molecule has 15 heavy (non-hydrogen) atoms. The average molecular weight is 202 g/mol. The summed E-state index contributed by atoms with van der Waals surface area (Å²) >= 11 is 0. The van der Waals surface area contributed by atoms with Gasteiger partial charge in [0.05, 0.1) is 0 Å². The van der Waals surface area contributed by atoms with Gasteiger partial charge in [0.25, 0.3) is 0 Å². The Morgan fingerprint density at radius 3 is 3.07 bits per heavy atom. The first-order valence-electron chi connectivity index (χ1n) is 5.43. The predicted octanol–water partition coefficient (Wildman–Crippen LogP) is 4.22. The van der Waals surface area contributed by atoms with E-state index in [1.54, 1.807) is 0 Å². The molecule has 1 aliphatic carbocycles. The molecule has 0 saturated carbocycles. The van der Waals surface area contributed by atoms with Gasteiger partial charge in [-0.15, -0.1) is 12.3 Å². The molecule has 0 fully saturated rings. The van der Waals surface area contributed by atoms with Gasteiger partial charge >= 0.3 is 0 Å². The van der Waals surface area contributed by atoms with E-state index in [2.05, 4.69) is 25.3 Å². The lowest BCUT2D eigenvalue weighted by atomic mass is 9.95. The molecule has 0 aromatic heterocycles. The largest absolute Gasteiger partial charge is 0.507 e. The van der Waals surface area contributed by atoms with Crippen LogP contribution in [0.5, 0.6) is 0 Å². The second-order valence-electron chi connectivity index (χ2n) is 3.57. The molecule has 1 N–H and O–H groups in total. The first-order valence-corrected chi connectivity index (χ1v) is 5.43. The maximum Gasteiger partial charge on any atom is 0.122 e. The first-order chi connectivity index (χ1) is 7.29. The van der Waals surface area contributed by atoms with Crippen LogP contribution in [0.4, 0.5) is 0 Å². The topological polar surface area (TPSA) is 20.2 Å². The number of aliphatic hydroxyl groups is 1. The summed E-state index contributed by atoms with van der Waals surface area (Å²) in [6.07, 6.45) is 11.4. The zero-order chi connectivity index (χ0) is 11.1. The summed E-state index contributed by atoms with van der Waals surface area (Å²) in [7, 11) is 0. The molecule has 1 heteroatoms. The van der Waals surface area contributed by atoms with E-state index in [1.165, 1.54) is 0 Å². The van der Waals surface area contributed by atoms with Gasteiger partial charge in [0.2, 0.25) is 0 Å². The van der Waals surface area contributed by atoms with Crippen LogP contribution in [0.25, 0.3) is 0 Å². The van der Waals surface area contributed by atoms with Crippen molar-refractivity contribution in [1.82, 2.24) is 0 Å². The van der Waals surface area contributed by atoms with Gasteiger partial charge in [-0.3, -0.25) is 0 Å². The highest BCUT2D eigenvalue weighted by Gasteiger charge is 2.11. The van der Waals surface area contributed by atoms with Crippen LogP contribution in [0.2, 0.25) is 0 Å². The number of allylic oxidation sites excluding steroid dienone is 4. The molecule has 0 radical (unpaired) electrons. The van der Waals surface area contributed by atoms with Crippen molar-refractivity contribution in [2.75, 3.05) is 0 Å². The van der Waals surface area contributed by atoms with E-state index in [0.717, 1.165) is 36.8 Å². The number of hydrogen-bond donors (Lipinski definition) is 1. The SMILES string of the molecule is C=CCC1=C(O)C(C=C=CCC)=CCC1. The third-order valence-electron chi connectivity index (χ3n) is 2.37. The van der Waals surface area contributed by atoms with E-state index >= 15 is 0 Å².